The Labute approximate surface area is 83.1 Å². The molecule has 1 N–H and O–H groups in total. The Balaban J connectivity index is 2.90. The SMILES string of the molecule is CC[C@H](C)Nc1ccccc1[N+](=O)[O-]. The Kier molecular flexibility index (Phi) is 3.45. The number of hydrogen-bond acceptors (Lipinski definition) is 3. The van der Waals surface area contributed by atoms with Crippen LogP contribution < -0.4 is 5.32 Å². The fourth-order valence-corrected chi connectivity index (χ4v) is 1.12. The molecule has 0 aliphatic heterocycles. The van der Waals surface area contributed by atoms with Gasteiger partial charge < -0.3 is 5.32 Å². The number of hydrogen-bond donors (Lipinski definition) is 1. The van der Waals surface area contributed by atoms with Gasteiger partial charge in [0.1, 0.15) is 5.69 Å². The van der Waals surface area contributed by atoms with E-state index in [0.29, 0.717) is 5.69 Å². The predicted molar refractivity (Wildman–Crippen MR) is 56.5 cm³/mol. The van der Waals surface area contributed by atoms with Crippen molar-refractivity contribution < 1.29 is 4.92 Å². The first-order chi connectivity index (χ1) is 6.65. The standard InChI is InChI=1S/C10H14N2O2/c1-3-8(2)11-9-6-4-5-7-10(9)12(13)14/h4-8,11H,3H2,1-2H3/t8-/m0/s1. The lowest BCUT2D eigenvalue weighted by molar-refractivity contribution is -0.384. The Morgan fingerprint density at radius 3 is 2.71 bits per heavy atom. The lowest BCUT2D eigenvalue weighted by Crippen LogP contribution is -2.14. The van der Waals surface area contributed by atoms with E-state index in [4.69, 9.17) is 0 Å². The van der Waals surface area contributed by atoms with Gasteiger partial charge in [-0.1, -0.05) is 19.1 Å². The van der Waals surface area contributed by atoms with Gasteiger partial charge in [0.15, 0.2) is 0 Å². The van der Waals surface area contributed by atoms with Gasteiger partial charge in [0, 0.05) is 12.1 Å². The van der Waals surface area contributed by atoms with Crippen molar-refractivity contribution in [2.24, 2.45) is 0 Å². The molecular formula is C10H14N2O2. The first-order valence-corrected chi connectivity index (χ1v) is 4.65. The highest BCUT2D eigenvalue weighted by atomic mass is 16.6. The summed E-state index contributed by atoms with van der Waals surface area (Å²) in [6.07, 6.45) is 0.937. The van der Waals surface area contributed by atoms with Crippen LogP contribution in [0.4, 0.5) is 11.4 Å². The topological polar surface area (TPSA) is 55.2 Å². The van der Waals surface area contributed by atoms with Crippen molar-refractivity contribution in [2.45, 2.75) is 26.3 Å². The van der Waals surface area contributed by atoms with Crippen LogP contribution in [0.5, 0.6) is 0 Å². The number of nitro benzene ring substituents is 1. The second-order valence-electron chi connectivity index (χ2n) is 3.23. The molecule has 4 heteroatoms. The van der Waals surface area contributed by atoms with Gasteiger partial charge in [-0.2, -0.15) is 0 Å². The Bertz CT molecular complexity index is 326. The lowest BCUT2D eigenvalue weighted by atomic mass is 10.2. The predicted octanol–water partition coefficient (Wildman–Crippen LogP) is 2.81. The Hall–Kier alpha value is -1.58. The molecule has 1 rings (SSSR count). The molecule has 0 aliphatic carbocycles. The maximum absolute atomic E-state index is 10.7. The molecule has 0 heterocycles. The Morgan fingerprint density at radius 1 is 1.50 bits per heavy atom. The molecule has 0 unspecified atom stereocenters. The van der Waals surface area contributed by atoms with Gasteiger partial charge in [-0.3, -0.25) is 10.1 Å². The van der Waals surface area contributed by atoms with Crippen LogP contribution in [0.15, 0.2) is 24.3 Å². The number of nitrogens with zero attached hydrogens (tertiary/aromatic N) is 1. The molecule has 76 valence electrons. The lowest BCUT2D eigenvalue weighted by Gasteiger charge is -2.12. The molecule has 0 spiro atoms. The number of rotatable bonds is 4. The highest BCUT2D eigenvalue weighted by Gasteiger charge is 2.12. The van der Waals surface area contributed by atoms with Crippen molar-refractivity contribution in [1.82, 2.24) is 0 Å². The monoisotopic (exact) mass is 194 g/mol. The fraction of sp³-hybridized carbons (Fsp3) is 0.400. The third-order valence-electron chi connectivity index (χ3n) is 2.12. The first-order valence-electron chi connectivity index (χ1n) is 4.65. The second-order valence-corrected chi connectivity index (χ2v) is 3.23. The number of anilines is 1. The number of nitro groups is 1. The minimum Gasteiger partial charge on any atom is -0.377 e. The van der Waals surface area contributed by atoms with E-state index in [1.807, 2.05) is 13.8 Å². The number of para-hydroxylation sites is 2. The van der Waals surface area contributed by atoms with Gasteiger partial charge in [0.2, 0.25) is 0 Å². The van der Waals surface area contributed by atoms with Gasteiger partial charge >= 0.3 is 0 Å². The normalized spacial score (nSPS) is 12.1. The Morgan fingerprint density at radius 2 is 2.14 bits per heavy atom. The van der Waals surface area contributed by atoms with Crippen molar-refractivity contribution in [1.29, 1.82) is 0 Å². The molecule has 0 aliphatic rings. The minimum atomic E-state index is -0.370. The molecule has 14 heavy (non-hydrogen) atoms. The van der Waals surface area contributed by atoms with E-state index in [9.17, 15) is 10.1 Å². The van der Waals surface area contributed by atoms with Gasteiger partial charge in [-0.05, 0) is 19.4 Å². The molecular weight excluding hydrogens is 180 g/mol. The fourth-order valence-electron chi connectivity index (χ4n) is 1.12. The van der Waals surface area contributed by atoms with Crippen molar-refractivity contribution in [3.63, 3.8) is 0 Å². The molecule has 1 aromatic rings. The number of nitrogens with one attached hydrogen (secondary N) is 1. The van der Waals surface area contributed by atoms with Gasteiger partial charge in [0.25, 0.3) is 5.69 Å². The maximum Gasteiger partial charge on any atom is 0.292 e. The van der Waals surface area contributed by atoms with Crippen LogP contribution in [-0.4, -0.2) is 11.0 Å². The van der Waals surface area contributed by atoms with E-state index in [2.05, 4.69) is 5.32 Å². The minimum absolute atomic E-state index is 0.132. The van der Waals surface area contributed by atoms with E-state index in [1.165, 1.54) is 6.07 Å². The highest BCUT2D eigenvalue weighted by molar-refractivity contribution is 5.61. The third kappa shape index (κ3) is 2.45. The quantitative estimate of drug-likeness (QED) is 0.592. The summed E-state index contributed by atoms with van der Waals surface area (Å²) in [6, 6.07) is 6.93. The zero-order valence-corrected chi connectivity index (χ0v) is 8.36. The summed E-state index contributed by atoms with van der Waals surface area (Å²) >= 11 is 0. The van der Waals surface area contributed by atoms with Gasteiger partial charge in [-0.15, -0.1) is 0 Å². The summed E-state index contributed by atoms with van der Waals surface area (Å²) in [7, 11) is 0. The molecule has 1 atom stereocenters. The summed E-state index contributed by atoms with van der Waals surface area (Å²) in [5.74, 6) is 0. The molecule has 0 fully saturated rings. The van der Waals surface area contributed by atoms with Crippen molar-refractivity contribution in [3.8, 4) is 0 Å². The molecule has 0 aromatic heterocycles. The summed E-state index contributed by atoms with van der Waals surface area (Å²) in [5.41, 5.74) is 0.722. The van der Waals surface area contributed by atoms with Gasteiger partial charge in [-0.25, -0.2) is 0 Å². The first kappa shape index (κ1) is 10.5. The largest absolute Gasteiger partial charge is 0.377 e. The summed E-state index contributed by atoms with van der Waals surface area (Å²) in [5, 5.41) is 13.8. The highest BCUT2D eigenvalue weighted by Crippen LogP contribution is 2.23. The van der Waals surface area contributed by atoms with Crippen LogP contribution in [0.3, 0.4) is 0 Å². The van der Waals surface area contributed by atoms with E-state index in [1.54, 1.807) is 18.2 Å². The molecule has 0 radical (unpaired) electrons. The van der Waals surface area contributed by atoms with Crippen molar-refractivity contribution in [2.75, 3.05) is 5.32 Å². The zero-order chi connectivity index (χ0) is 10.6. The smallest absolute Gasteiger partial charge is 0.292 e. The average molecular weight is 194 g/mol. The maximum atomic E-state index is 10.7. The number of benzene rings is 1. The average Bonchev–Trinajstić information content (AvgIpc) is 2.18. The molecule has 0 amide bonds. The molecule has 1 aromatic carbocycles. The van der Waals surface area contributed by atoms with E-state index in [0.717, 1.165) is 6.42 Å². The van der Waals surface area contributed by atoms with Crippen LogP contribution in [-0.2, 0) is 0 Å². The van der Waals surface area contributed by atoms with Crippen molar-refractivity contribution in [3.05, 3.63) is 34.4 Å². The summed E-state index contributed by atoms with van der Waals surface area (Å²) in [4.78, 5) is 10.3. The third-order valence-corrected chi connectivity index (χ3v) is 2.12. The van der Waals surface area contributed by atoms with E-state index in [-0.39, 0.29) is 16.7 Å². The molecule has 0 saturated heterocycles. The summed E-state index contributed by atoms with van der Waals surface area (Å²) in [6.45, 7) is 4.03. The van der Waals surface area contributed by atoms with Crippen LogP contribution in [0, 0.1) is 10.1 Å². The zero-order valence-electron chi connectivity index (χ0n) is 8.36. The summed E-state index contributed by atoms with van der Waals surface area (Å²) < 4.78 is 0. The van der Waals surface area contributed by atoms with E-state index >= 15 is 0 Å². The second kappa shape index (κ2) is 4.60. The van der Waals surface area contributed by atoms with Gasteiger partial charge in [0.05, 0.1) is 4.92 Å². The van der Waals surface area contributed by atoms with Crippen molar-refractivity contribution >= 4 is 11.4 Å². The van der Waals surface area contributed by atoms with Crippen LogP contribution in [0.2, 0.25) is 0 Å². The van der Waals surface area contributed by atoms with E-state index < -0.39 is 0 Å². The van der Waals surface area contributed by atoms with Crippen LogP contribution in [0.1, 0.15) is 20.3 Å². The molecule has 0 saturated carbocycles. The van der Waals surface area contributed by atoms with Crippen LogP contribution in [0.25, 0.3) is 0 Å². The molecule has 4 nitrogen and oxygen atoms in total. The molecule has 0 bridgehead atoms. The van der Waals surface area contributed by atoms with Crippen LogP contribution >= 0.6 is 0 Å².